The number of benzene rings is 2. The second-order valence-electron chi connectivity index (χ2n) is 5.93. The number of carbonyl (C=O) groups is 2. The molecule has 0 aliphatic heterocycles. The Bertz CT molecular complexity index is 878. The Balaban J connectivity index is 2.08. The lowest BCUT2D eigenvalue weighted by Gasteiger charge is -2.08. The van der Waals surface area contributed by atoms with Gasteiger partial charge in [-0.3, -0.25) is 4.79 Å². The number of anilines is 2. The van der Waals surface area contributed by atoms with Crippen LogP contribution in [-0.2, 0) is 4.79 Å². The Hall–Kier alpha value is -3.59. The summed E-state index contributed by atoms with van der Waals surface area (Å²) in [5.41, 5.74) is 2.19. The average Bonchev–Trinajstić information content (AvgIpc) is 2.63. The van der Waals surface area contributed by atoms with Crippen molar-refractivity contribution in [2.75, 3.05) is 10.6 Å². The summed E-state index contributed by atoms with van der Waals surface area (Å²) in [6, 6.07) is 15.3. The third-order valence-corrected chi connectivity index (χ3v) is 3.69. The number of nitrogens with one attached hydrogen (secondary N) is 2. The quantitative estimate of drug-likeness (QED) is 0.541. The van der Waals surface area contributed by atoms with Gasteiger partial charge >= 0.3 is 5.97 Å². The van der Waals surface area contributed by atoms with Gasteiger partial charge in [0.15, 0.2) is 0 Å². The zero-order chi connectivity index (χ0) is 19.1. The van der Waals surface area contributed by atoms with Crippen molar-refractivity contribution in [1.82, 2.24) is 0 Å². The fourth-order valence-electron chi connectivity index (χ4n) is 2.20. The van der Waals surface area contributed by atoms with Crippen LogP contribution in [0, 0.1) is 11.3 Å². The van der Waals surface area contributed by atoms with E-state index < -0.39 is 11.9 Å². The summed E-state index contributed by atoms with van der Waals surface area (Å²) in [5, 5.41) is 23.6. The summed E-state index contributed by atoms with van der Waals surface area (Å²) >= 11 is 0. The molecule has 0 spiro atoms. The molecule has 0 bridgehead atoms. The Kier molecular flexibility index (Phi) is 6.12. The van der Waals surface area contributed by atoms with Crippen LogP contribution in [0.3, 0.4) is 0 Å². The van der Waals surface area contributed by atoms with Crippen molar-refractivity contribution in [1.29, 1.82) is 5.26 Å². The van der Waals surface area contributed by atoms with Gasteiger partial charge in [-0.2, -0.15) is 5.26 Å². The summed E-state index contributed by atoms with van der Waals surface area (Å²) in [7, 11) is 0. The molecule has 2 rings (SSSR count). The maximum absolute atomic E-state index is 12.2. The smallest absolute Gasteiger partial charge is 0.335 e. The van der Waals surface area contributed by atoms with E-state index in [9.17, 15) is 14.9 Å². The first kappa shape index (κ1) is 18.7. The number of amides is 1. The fraction of sp³-hybridized carbons (Fsp3) is 0.150. The van der Waals surface area contributed by atoms with Crippen molar-refractivity contribution in [2.24, 2.45) is 0 Å². The summed E-state index contributed by atoms with van der Waals surface area (Å²) in [5.74, 6) is -1.22. The highest BCUT2D eigenvalue weighted by atomic mass is 16.4. The van der Waals surface area contributed by atoms with E-state index in [1.807, 2.05) is 18.2 Å². The van der Waals surface area contributed by atoms with E-state index in [-0.39, 0.29) is 11.1 Å². The number of rotatable bonds is 6. The Morgan fingerprint density at radius 3 is 2.38 bits per heavy atom. The van der Waals surface area contributed by atoms with Gasteiger partial charge in [-0.05, 0) is 41.8 Å². The fourth-order valence-corrected chi connectivity index (χ4v) is 2.20. The van der Waals surface area contributed by atoms with E-state index in [2.05, 4.69) is 24.5 Å². The van der Waals surface area contributed by atoms with Crippen molar-refractivity contribution in [3.8, 4) is 6.07 Å². The molecule has 132 valence electrons. The lowest BCUT2D eigenvalue weighted by Crippen LogP contribution is -2.14. The second-order valence-corrected chi connectivity index (χ2v) is 5.93. The molecular formula is C20H19N3O3. The van der Waals surface area contributed by atoms with Crippen LogP contribution in [0.25, 0.3) is 0 Å². The van der Waals surface area contributed by atoms with Crippen molar-refractivity contribution in [3.63, 3.8) is 0 Å². The first-order valence-corrected chi connectivity index (χ1v) is 8.02. The van der Waals surface area contributed by atoms with Crippen LogP contribution >= 0.6 is 0 Å². The molecule has 2 aromatic carbocycles. The van der Waals surface area contributed by atoms with E-state index >= 15 is 0 Å². The lowest BCUT2D eigenvalue weighted by atomic mass is 10.0. The molecule has 0 unspecified atom stereocenters. The monoisotopic (exact) mass is 349 g/mol. The molecule has 0 radical (unpaired) electrons. The molecule has 0 heterocycles. The standard InChI is InChI=1S/C20H19N3O3/c1-13(2)14-6-8-17(9-7-14)23-19(24)16(11-21)12-22-18-5-3-4-15(10-18)20(25)26/h3-10,12-13,22H,1-2H3,(H,23,24)(H,25,26)/b16-12-. The highest BCUT2D eigenvalue weighted by molar-refractivity contribution is 6.06. The maximum atomic E-state index is 12.2. The van der Waals surface area contributed by atoms with Crippen LogP contribution in [0.1, 0.15) is 35.7 Å². The average molecular weight is 349 g/mol. The van der Waals surface area contributed by atoms with Gasteiger partial charge in [-0.15, -0.1) is 0 Å². The van der Waals surface area contributed by atoms with E-state index in [4.69, 9.17) is 5.11 Å². The normalized spacial score (nSPS) is 10.9. The van der Waals surface area contributed by atoms with Gasteiger partial charge in [-0.1, -0.05) is 32.0 Å². The van der Waals surface area contributed by atoms with Crippen molar-refractivity contribution in [2.45, 2.75) is 19.8 Å². The van der Waals surface area contributed by atoms with E-state index in [1.165, 1.54) is 18.3 Å². The van der Waals surface area contributed by atoms with Gasteiger partial charge in [0.05, 0.1) is 5.56 Å². The predicted molar refractivity (Wildman–Crippen MR) is 99.9 cm³/mol. The number of carboxylic acids is 1. The lowest BCUT2D eigenvalue weighted by molar-refractivity contribution is -0.112. The van der Waals surface area contributed by atoms with Gasteiger partial charge in [0.2, 0.25) is 0 Å². The molecule has 0 aliphatic rings. The third kappa shape index (κ3) is 4.95. The molecule has 26 heavy (non-hydrogen) atoms. The third-order valence-electron chi connectivity index (χ3n) is 3.69. The topological polar surface area (TPSA) is 102 Å². The number of hydrogen-bond donors (Lipinski definition) is 3. The number of carboxylic acid groups (broad SMARTS) is 1. The van der Waals surface area contributed by atoms with Crippen molar-refractivity contribution in [3.05, 3.63) is 71.4 Å². The van der Waals surface area contributed by atoms with E-state index in [0.717, 1.165) is 5.56 Å². The molecule has 3 N–H and O–H groups in total. The Labute approximate surface area is 151 Å². The van der Waals surface area contributed by atoms with Crippen LogP contribution in [-0.4, -0.2) is 17.0 Å². The minimum Gasteiger partial charge on any atom is -0.478 e. The van der Waals surface area contributed by atoms with Crippen molar-refractivity contribution < 1.29 is 14.7 Å². The van der Waals surface area contributed by atoms with Crippen LogP contribution in [0.4, 0.5) is 11.4 Å². The molecule has 1 amide bonds. The highest BCUT2D eigenvalue weighted by Gasteiger charge is 2.10. The van der Waals surface area contributed by atoms with Crippen molar-refractivity contribution >= 4 is 23.3 Å². The molecule has 0 saturated heterocycles. The molecular weight excluding hydrogens is 330 g/mol. The first-order chi connectivity index (χ1) is 12.4. The number of hydrogen-bond acceptors (Lipinski definition) is 4. The molecule has 0 saturated carbocycles. The summed E-state index contributed by atoms with van der Waals surface area (Å²) in [4.78, 5) is 23.2. The predicted octanol–water partition coefficient (Wildman–Crippen LogP) is 3.97. The first-order valence-electron chi connectivity index (χ1n) is 8.02. The van der Waals surface area contributed by atoms with Gasteiger partial charge in [-0.25, -0.2) is 4.79 Å². The van der Waals surface area contributed by atoms with Crippen LogP contribution < -0.4 is 10.6 Å². The molecule has 2 aromatic rings. The van der Waals surface area contributed by atoms with Crippen LogP contribution in [0.2, 0.25) is 0 Å². The molecule has 6 nitrogen and oxygen atoms in total. The van der Waals surface area contributed by atoms with E-state index in [0.29, 0.717) is 17.3 Å². The minimum absolute atomic E-state index is 0.108. The summed E-state index contributed by atoms with van der Waals surface area (Å²) in [6.45, 7) is 4.16. The zero-order valence-corrected chi connectivity index (χ0v) is 14.5. The SMILES string of the molecule is CC(C)c1ccc(NC(=O)/C(C#N)=C\Nc2cccc(C(=O)O)c2)cc1. The van der Waals surface area contributed by atoms with Gasteiger partial charge < -0.3 is 15.7 Å². The molecule has 0 fully saturated rings. The number of nitrogens with zero attached hydrogens (tertiary/aromatic N) is 1. The second kappa shape index (κ2) is 8.49. The summed E-state index contributed by atoms with van der Waals surface area (Å²) in [6.07, 6.45) is 1.25. The zero-order valence-electron chi connectivity index (χ0n) is 14.5. The molecule has 0 aliphatic carbocycles. The van der Waals surface area contributed by atoms with Gasteiger partial charge in [0.1, 0.15) is 11.6 Å². The van der Waals surface area contributed by atoms with Crippen LogP contribution in [0.5, 0.6) is 0 Å². The molecule has 0 atom stereocenters. The minimum atomic E-state index is -1.05. The van der Waals surface area contributed by atoms with E-state index in [1.54, 1.807) is 24.3 Å². The Morgan fingerprint density at radius 2 is 1.81 bits per heavy atom. The number of nitriles is 1. The Morgan fingerprint density at radius 1 is 1.12 bits per heavy atom. The molecule has 6 heteroatoms. The summed E-state index contributed by atoms with van der Waals surface area (Å²) < 4.78 is 0. The number of aromatic carboxylic acids is 1. The van der Waals surface area contributed by atoms with Gasteiger partial charge in [0.25, 0.3) is 5.91 Å². The van der Waals surface area contributed by atoms with Gasteiger partial charge in [0, 0.05) is 17.6 Å². The largest absolute Gasteiger partial charge is 0.478 e. The van der Waals surface area contributed by atoms with Crippen LogP contribution in [0.15, 0.2) is 60.3 Å². The maximum Gasteiger partial charge on any atom is 0.335 e. The number of carbonyl (C=O) groups excluding carboxylic acids is 1. The highest BCUT2D eigenvalue weighted by Crippen LogP contribution is 2.17. The molecule has 0 aromatic heterocycles.